The zero-order chi connectivity index (χ0) is 20.1. The second-order valence-corrected chi connectivity index (χ2v) is 8.52. The number of benzene rings is 1. The summed E-state index contributed by atoms with van der Waals surface area (Å²) in [5, 5.41) is 0. The van der Waals surface area contributed by atoms with Crippen LogP contribution in [0, 0.1) is 0 Å². The minimum atomic E-state index is -3.28. The number of hydrogen-bond donors (Lipinski definition) is 1. The minimum Gasteiger partial charge on any atom is -0.382 e. The summed E-state index contributed by atoms with van der Waals surface area (Å²) in [6, 6.07) is 9.81. The number of aromatic nitrogens is 4. The first-order valence-electron chi connectivity index (χ1n) is 9.16. The average Bonchev–Trinajstić information content (AvgIpc) is 3.16. The predicted molar refractivity (Wildman–Crippen MR) is 105 cm³/mol. The molecule has 2 aromatic heterocycles. The zero-order valence-corrected chi connectivity index (χ0v) is 16.6. The Kier molecular flexibility index (Phi) is 6.17. The average molecular weight is 419 g/mol. The highest BCUT2D eigenvalue weighted by molar-refractivity contribution is 7.53. The first-order chi connectivity index (χ1) is 14.1. The second kappa shape index (κ2) is 8.98. The Morgan fingerprint density at radius 1 is 1.17 bits per heavy atom. The van der Waals surface area contributed by atoms with Gasteiger partial charge < -0.3 is 28.8 Å². The molecule has 11 heteroatoms. The highest BCUT2D eigenvalue weighted by Gasteiger charge is 2.33. The lowest BCUT2D eigenvalue weighted by Crippen LogP contribution is -2.30. The monoisotopic (exact) mass is 419 g/mol. The summed E-state index contributed by atoms with van der Waals surface area (Å²) in [5.41, 5.74) is 7.99. The summed E-state index contributed by atoms with van der Waals surface area (Å²) >= 11 is 0. The van der Waals surface area contributed by atoms with E-state index >= 15 is 0 Å². The maximum absolute atomic E-state index is 12.6. The number of fused-ring (bicyclic) bond motifs is 1. The fourth-order valence-electron chi connectivity index (χ4n) is 2.84. The molecule has 4 rings (SSSR count). The van der Waals surface area contributed by atoms with Crippen LogP contribution in [0.25, 0.3) is 11.2 Å². The van der Waals surface area contributed by atoms with Gasteiger partial charge in [0, 0.05) is 6.54 Å². The van der Waals surface area contributed by atoms with E-state index in [0.717, 1.165) is 5.56 Å². The highest BCUT2D eigenvalue weighted by atomic mass is 31.2. The molecule has 3 heterocycles. The lowest BCUT2D eigenvalue weighted by Gasteiger charge is -2.28. The number of ether oxygens (including phenoxy) is 2. The van der Waals surface area contributed by atoms with E-state index in [1.54, 1.807) is 10.9 Å². The fourth-order valence-corrected chi connectivity index (χ4v) is 4.20. The molecule has 0 bridgehead atoms. The van der Waals surface area contributed by atoms with Gasteiger partial charge in [0.25, 0.3) is 0 Å². The maximum atomic E-state index is 12.6. The molecule has 2 N–H and O–H groups in total. The topological polar surface area (TPSA) is 124 Å². The molecule has 0 amide bonds. The van der Waals surface area contributed by atoms with Gasteiger partial charge in [-0.1, -0.05) is 30.3 Å². The summed E-state index contributed by atoms with van der Waals surface area (Å²) in [5.74, 6) is 0.326. The van der Waals surface area contributed by atoms with Crippen LogP contribution in [0.3, 0.4) is 0 Å². The van der Waals surface area contributed by atoms with E-state index in [0.29, 0.717) is 36.7 Å². The zero-order valence-electron chi connectivity index (χ0n) is 15.7. The van der Waals surface area contributed by atoms with Crippen molar-refractivity contribution in [3.8, 4) is 0 Å². The summed E-state index contributed by atoms with van der Waals surface area (Å²) in [6.07, 6.45) is 2.61. The van der Waals surface area contributed by atoms with Crippen LogP contribution in [0.1, 0.15) is 5.56 Å². The molecule has 0 aliphatic carbocycles. The first-order valence-corrected chi connectivity index (χ1v) is 10.9. The number of nitrogen functional groups attached to an aromatic ring is 1. The summed E-state index contributed by atoms with van der Waals surface area (Å²) in [4.78, 5) is 12.3. The van der Waals surface area contributed by atoms with Crippen LogP contribution >= 0.6 is 7.60 Å². The number of hydrogen-bond acceptors (Lipinski definition) is 9. The van der Waals surface area contributed by atoms with Crippen molar-refractivity contribution in [3.63, 3.8) is 0 Å². The van der Waals surface area contributed by atoms with Gasteiger partial charge in [0.05, 0.1) is 32.8 Å². The van der Waals surface area contributed by atoms with Crippen molar-refractivity contribution < 1.29 is 23.1 Å². The second-order valence-electron chi connectivity index (χ2n) is 6.53. The Morgan fingerprint density at radius 3 is 2.76 bits per heavy atom. The van der Waals surface area contributed by atoms with Crippen LogP contribution in [0.4, 0.5) is 5.82 Å². The first kappa shape index (κ1) is 19.9. The SMILES string of the molecule is Nc1ncnc2c1ncn2CCOCP1(=O)OCC(OCc2ccccc2)CO1. The fraction of sp³-hybridized carbons (Fsp3) is 0.389. The standard InChI is InChI=1S/C18H22N5O5P/c19-17-16-18(21-11-20-17)23(12-22-16)6-7-25-13-29(24)27-9-15(10-28-29)26-8-14-4-2-1-3-5-14/h1-5,11-12,15H,6-10,13H2,(H2,19,20,21). The van der Waals surface area contributed by atoms with E-state index in [1.165, 1.54) is 6.33 Å². The molecule has 0 atom stereocenters. The molecule has 154 valence electrons. The van der Waals surface area contributed by atoms with E-state index in [2.05, 4.69) is 15.0 Å². The number of nitrogens with two attached hydrogens (primary N) is 1. The number of anilines is 1. The van der Waals surface area contributed by atoms with Gasteiger partial charge in [-0.2, -0.15) is 0 Å². The van der Waals surface area contributed by atoms with Gasteiger partial charge >= 0.3 is 7.60 Å². The van der Waals surface area contributed by atoms with E-state index in [-0.39, 0.29) is 25.7 Å². The molecule has 3 aromatic rings. The lowest BCUT2D eigenvalue weighted by atomic mass is 10.2. The van der Waals surface area contributed by atoms with E-state index in [1.807, 2.05) is 30.3 Å². The largest absolute Gasteiger partial charge is 0.382 e. The lowest BCUT2D eigenvalue weighted by molar-refractivity contribution is -0.0493. The highest BCUT2D eigenvalue weighted by Crippen LogP contribution is 2.50. The third-order valence-electron chi connectivity index (χ3n) is 4.40. The third kappa shape index (κ3) is 4.98. The molecule has 1 fully saturated rings. The van der Waals surface area contributed by atoms with Gasteiger partial charge in [-0.05, 0) is 5.56 Å². The maximum Gasteiger partial charge on any atom is 0.356 e. The molecule has 1 aromatic carbocycles. The molecule has 0 spiro atoms. The van der Waals surface area contributed by atoms with Gasteiger partial charge in [-0.3, -0.25) is 4.57 Å². The number of nitrogens with zero attached hydrogens (tertiary/aromatic N) is 4. The minimum absolute atomic E-state index is 0.123. The Labute approximate surface area is 167 Å². The van der Waals surface area contributed by atoms with Gasteiger partial charge in [0.15, 0.2) is 11.5 Å². The molecule has 1 saturated heterocycles. The summed E-state index contributed by atoms with van der Waals surface area (Å²) in [7, 11) is -3.28. The molecule has 10 nitrogen and oxygen atoms in total. The Bertz CT molecular complexity index is 987. The Morgan fingerprint density at radius 2 is 1.97 bits per heavy atom. The summed E-state index contributed by atoms with van der Waals surface area (Å²) < 4.78 is 36.5. The number of rotatable bonds is 8. The van der Waals surface area contributed by atoms with Crippen LogP contribution in [0.2, 0.25) is 0 Å². The molecule has 29 heavy (non-hydrogen) atoms. The molecule has 0 saturated carbocycles. The third-order valence-corrected chi connectivity index (χ3v) is 5.98. The van der Waals surface area contributed by atoms with Crippen molar-refractivity contribution in [1.29, 1.82) is 0 Å². The van der Waals surface area contributed by atoms with E-state index in [9.17, 15) is 4.57 Å². The molecular weight excluding hydrogens is 397 g/mol. The van der Waals surface area contributed by atoms with Gasteiger partial charge in [-0.15, -0.1) is 0 Å². The Balaban J connectivity index is 1.19. The van der Waals surface area contributed by atoms with E-state index in [4.69, 9.17) is 24.3 Å². The van der Waals surface area contributed by atoms with E-state index < -0.39 is 7.60 Å². The van der Waals surface area contributed by atoms with Crippen molar-refractivity contribution in [2.24, 2.45) is 0 Å². The van der Waals surface area contributed by atoms with Crippen molar-refractivity contribution in [3.05, 3.63) is 48.5 Å². The summed E-state index contributed by atoms with van der Waals surface area (Å²) in [6.45, 7) is 1.62. The normalized spacial score (nSPS) is 22.1. The van der Waals surface area contributed by atoms with Crippen LogP contribution < -0.4 is 5.73 Å². The van der Waals surface area contributed by atoms with Crippen molar-refractivity contribution >= 4 is 24.6 Å². The van der Waals surface area contributed by atoms with Crippen molar-refractivity contribution in [2.75, 3.05) is 31.9 Å². The van der Waals surface area contributed by atoms with Gasteiger partial charge in [0.1, 0.15) is 24.3 Å². The Hall–Kier alpha value is -2.36. The van der Waals surface area contributed by atoms with Crippen LogP contribution in [-0.2, 0) is 36.2 Å². The van der Waals surface area contributed by atoms with Crippen LogP contribution in [0.15, 0.2) is 43.0 Å². The number of imidazole rings is 1. The molecule has 1 aliphatic heterocycles. The molecule has 0 radical (unpaired) electrons. The van der Waals surface area contributed by atoms with Gasteiger partial charge in [0.2, 0.25) is 0 Å². The van der Waals surface area contributed by atoms with Gasteiger partial charge in [-0.25, -0.2) is 15.0 Å². The van der Waals surface area contributed by atoms with Crippen molar-refractivity contribution in [2.45, 2.75) is 19.3 Å². The quantitative estimate of drug-likeness (QED) is 0.432. The smallest absolute Gasteiger partial charge is 0.356 e. The van der Waals surface area contributed by atoms with Crippen LogP contribution in [-0.4, -0.2) is 51.8 Å². The molecular formula is C18H22N5O5P. The molecule has 0 unspecified atom stereocenters. The molecule has 1 aliphatic rings. The predicted octanol–water partition coefficient (Wildman–Crippen LogP) is 2.21. The van der Waals surface area contributed by atoms with Crippen LogP contribution in [0.5, 0.6) is 0 Å². The van der Waals surface area contributed by atoms with Crippen molar-refractivity contribution in [1.82, 2.24) is 19.5 Å².